The van der Waals surface area contributed by atoms with E-state index >= 15 is 0 Å². The van der Waals surface area contributed by atoms with E-state index in [1.807, 2.05) is 0 Å². The molecule has 1 atom stereocenters. The van der Waals surface area contributed by atoms with Crippen molar-refractivity contribution in [2.24, 2.45) is 0 Å². The summed E-state index contributed by atoms with van der Waals surface area (Å²) in [6.07, 6.45) is 5.42. The first-order valence-corrected chi connectivity index (χ1v) is 7.80. The van der Waals surface area contributed by atoms with Crippen molar-refractivity contribution in [1.29, 1.82) is 0 Å². The molecule has 1 saturated heterocycles. The van der Waals surface area contributed by atoms with Gasteiger partial charge in [-0.25, -0.2) is 0 Å². The van der Waals surface area contributed by atoms with Gasteiger partial charge in [-0.1, -0.05) is 11.6 Å². The molecule has 0 radical (unpaired) electrons. The zero-order chi connectivity index (χ0) is 8.81. The average molecular weight is 186 g/mol. The van der Waals surface area contributed by atoms with Gasteiger partial charge in [0.25, 0.3) is 0 Å². The van der Waals surface area contributed by atoms with Crippen LogP contribution in [0.1, 0.15) is 25.7 Å². The minimum Gasteiger partial charge on any atom is -0.501 e. The van der Waals surface area contributed by atoms with Gasteiger partial charge in [0.2, 0.25) is 0 Å². The molecule has 1 fully saturated rings. The number of ether oxygens (including phenoxy) is 1. The Morgan fingerprint density at radius 3 is 2.83 bits per heavy atom. The van der Waals surface area contributed by atoms with E-state index in [4.69, 9.17) is 8.53 Å². The summed E-state index contributed by atoms with van der Waals surface area (Å²) in [7, 11) is 0. The normalized spacial score (nSPS) is 24.0. The van der Waals surface area contributed by atoms with Gasteiger partial charge in [-0.2, -0.15) is 0 Å². The van der Waals surface area contributed by atoms with Crippen molar-refractivity contribution < 1.29 is 8.53 Å². The van der Waals surface area contributed by atoms with Crippen LogP contribution < -0.4 is 0 Å². The van der Waals surface area contributed by atoms with Gasteiger partial charge in [0.05, 0.1) is 6.10 Å². The average Bonchev–Trinajstić information content (AvgIpc) is 2.05. The van der Waals surface area contributed by atoms with Gasteiger partial charge in [0, 0.05) is 13.2 Å². The number of rotatable bonds is 4. The Balaban J connectivity index is 1.98. The summed E-state index contributed by atoms with van der Waals surface area (Å²) in [6.45, 7) is 1.87. The molecule has 1 unspecified atom stereocenters. The molecule has 0 saturated carbocycles. The minimum atomic E-state index is -0.798. The Morgan fingerprint density at radius 2 is 2.25 bits per heavy atom. The third-order valence-electron chi connectivity index (χ3n) is 2.17. The summed E-state index contributed by atoms with van der Waals surface area (Å²) < 4.78 is 11.2. The lowest BCUT2D eigenvalue weighted by molar-refractivity contribution is 0.00395. The molecule has 0 aliphatic carbocycles. The first-order valence-electron chi connectivity index (χ1n) is 5.02. The first-order chi connectivity index (χ1) is 5.79. The van der Waals surface area contributed by atoms with Crippen LogP contribution in [0.2, 0.25) is 11.6 Å². The molecule has 1 aliphatic rings. The molecule has 0 N–H and O–H groups in total. The quantitative estimate of drug-likeness (QED) is 0.627. The fraction of sp³-hybridized carbons (Fsp3) is 1.00. The second kappa shape index (κ2) is 5.99. The molecular formula is C9H19AlO2. The maximum atomic E-state index is 5.60. The predicted octanol–water partition coefficient (Wildman–Crippen LogP) is 2.21. The second-order valence-corrected chi connectivity index (χ2v) is 6.13. The van der Waals surface area contributed by atoms with Gasteiger partial charge in [-0.05, 0) is 25.7 Å². The lowest BCUT2D eigenvalue weighted by atomic mass is 10.1. The van der Waals surface area contributed by atoms with E-state index in [0.717, 1.165) is 19.6 Å². The Bertz CT molecular complexity index is 111. The minimum absolute atomic E-state index is 0.492. The molecule has 0 spiro atoms. The summed E-state index contributed by atoms with van der Waals surface area (Å²) in [6, 6.07) is 0. The fourth-order valence-electron chi connectivity index (χ4n) is 1.47. The topological polar surface area (TPSA) is 18.5 Å². The summed E-state index contributed by atoms with van der Waals surface area (Å²) in [4.78, 5) is 0. The van der Waals surface area contributed by atoms with Crippen molar-refractivity contribution in [2.45, 2.75) is 43.4 Å². The third kappa shape index (κ3) is 4.47. The highest BCUT2D eigenvalue weighted by Gasteiger charge is 2.13. The molecule has 12 heavy (non-hydrogen) atoms. The Hall–Kier alpha value is 0.452. The zero-order valence-electron chi connectivity index (χ0n) is 8.21. The van der Waals surface area contributed by atoms with Crippen LogP contribution in [0.15, 0.2) is 0 Å². The molecule has 2 nitrogen and oxygen atoms in total. The highest BCUT2D eigenvalue weighted by atomic mass is 27.2. The Labute approximate surface area is 80.0 Å². The van der Waals surface area contributed by atoms with E-state index in [9.17, 15) is 0 Å². The third-order valence-corrected chi connectivity index (χ3v) is 3.07. The molecular weight excluding hydrogens is 167 g/mol. The summed E-state index contributed by atoms with van der Waals surface area (Å²) >= 11 is -0.798. The van der Waals surface area contributed by atoms with Crippen LogP contribution in [0, 0.1) is 0 Å². The van der Waals surface area contributed by atoms with E-state index in [0.29, 0.717) is 6.10 Å². The van der Waals surface area contributed by atoms with E-state index in [1.165, 1.54) is 19.3 Å². The molecule has 0 aromatic rings. The smallest absolute Gasteiger partial charge is 0.453 e. The van der Waals surface area contributed by atoms with Crippen LogP contribution in [0.4, 0.5) is 0 Å². The standard InChI is InChI=1S/C7H13O2.2CH3.Al/c8-5-4-7-3-1-2-6-9-7;;;/h7H,1-6H2;2*1H3;/q-1;;;+1. The number of hydrogen-bond donors (Lipinski definition) is 0. The van der Waals surface area contributed by atoms with Gasteiger partial charge in [-0.3, -0.25) is 0 Å². The molecule has 0 aromatic carbocycles. The lowest BCUT2D eigenvalue weighted by Gasteiger charge is -2.22. The Kier molecular flexibility index (Phi) is 5.26. The molecule has 0 aromatic heterocycles. The highest BCUT2D eigenvalue weighted by Crippen LogP contribution is 2.15. The van der Waals surface area contributed by atoms with Crippen molar-refractivity contribution >= 4 is 14.5 Å². The van der Waals surface area contributed by atoms with E-state index in [-0.39, 0.29) is 0 Å². The zero-order valence-corrected chi connectivity index (χ0v) is 9.37. The van der Waals surface area contributed by atoms with Crippen molar-refractivity contribution in [3.05, 3.63) is 0 Å². The molecule has 70 valence electrons. The van der Waals surface area contributed by atoms with E-state index in [2.05, 4.69) is 11.6 Å². The molecule has 0 amide bonds. The van der Waals surface area contributed by atoms with E-state index in [1.54, 1.807) is 0 Å². The van der Waals surface area contributed by atoms with E-state index < -0.39 is 14.5 Å². The lowest BCUT2D eigenvalue weighted by Crippen LogP contribution is -2.22. The van der Waals surface area contributed by atoms with Crippen LogP contribution in [0.5, 0.6) is 0 Å². The van der Waals surface area contributed by atoms with Gasteiger partial charge in [0.15, 0.2) is 0 Å². The van der Waals surface area contributed by atoms with Gasteiger partial charge < -0.3 is 8.53 Å². The Morgan fingerprint density at radius 1 is 1.42 bits per heavy atom. The summed E-state index contributed by atoms with van der Waals surface area (Å²) in [5, 5.41) is 0. The fourth-order valence-corrected chi connectivity index (χ4v) is 2.08. The van der Waals surface area contributed by atoms with Crippen molar-refractivity contribution in [2.75, 3.05) is 13.2 Å². The van der Waals surface area contributed by atoms with Gasteiger partial charge in [0.1, 0.15) is 0 Å². The van der Waals surface area contributed by atoms with Crippen molar-refractivity contribution in [3.63, 3.8) is 0 Å². The van der Waals surface area contributed by atoms with Gasteiger partial charge in [-0.15, -0.1) is 0 Å². The van der Waals surface area contributed by atoms with Gasteiger partial charge >= 0.3 is 14.5 Å². The van der Waals surface area contributed by atoms with Crippen LogP contribution in [-0.2, 0) is 8.53 Å². The summed E-state index contributed by atoms with van der Waals surface area (Å²) in [5.41, 5.74) is 0. The predicted molar refractivity (Wildman–Crippen MR) is 51.6 cm³/mol. The first kappa shape index (κ1) is 10.5. The number of hydrogen-bond acceptors (Lipinski definition) is 2. The summed E-state index contributed by atoms with van der Waals surface area (Å²) in [5.74, 6) is 4.42. The molecule has 0 bridgehead atoms. The monoisotopic (exact) mass is 186 g/mol. The molecule has 1 heterocycles. The van der Waals surface area contributed by atoms with Crippen LogP contribution >= 0.6 is 0 Å². The largest absolute Gasteiger partial charge is 0.501 e. The van der Waals surface area contributed by atoms with Crippen molar-refractivity contribution in [1.82, 2.24) is 0 Å². The second-order valence-electron chi connectivity index (χ2n) is 3.70. The van der Waals surface area contributed by atoms with Crippen LogP contribution in [-0.4, -0.2) is 33.8 Å². The SMILES string of the molecule is [CH3][Al]([CH3])[O]CCC1CCCCO1. The maximum absolute atomic E-state index is 5.60. The molecule has 3 heteroatoms. The maximum Gasteiger partial charge on any atom is 0.453 e. The molecule has 1 aliphatic heterocycles. The van der Waals surface area contributed by atoms with Crippen LogP contribution in [0.3, 0.4) is 0 Å². The highest BCUT2D eigenvalue weighted by molar-refractivity contribution is 6.48. The molecule has 1 rings (SSSR count). The van der Waals surface area contributed by atoms with Crippen molar-refractivity contribution in [3.8, 4) is 0 Å². The van der Waals surface area contributed by atoms with Crippen LogP contribution in [0.25, 0.3) is 0 Å².